The summed E-state index contributed by atoms with van der Waals surface area (Å²) in [6, 6.07) is 2.71. The predicted molar refractivity (Wildman–Crippen MR) is 85.6 cm³/mol. The van der Waals surface area contributed by atoms with Crippen molar-refractivity contribution in [3.63, 3.8) is 0 Å². The van der Waals surface area contributed by atoms with Gasteiger partial charge in [0.1, 0.15) is 18.5 Å². The Morgan fingerprint density at radius 3 is 2.52 bits per heavy atom. The molecule has 1 fully saturated rings. The van der Waals surface area contributed by atoms with E-state index in [1.165, 1.54) is 23.1 Å². The van der Waals surface area contributed by atoms with Gasteiger partial charge in [-0.15, -0.1) is 12.4 Å². The van der Waals surface area contributed by atoms with E-state index in [2.05, 4.69) is 5.32 Å². The van der Waals surface area contributed by atoms with Crippen LogP contribution in [0.15, 0.2) is 18.2 Å². The number of nitrogens with one attached hydrogen (secondary N) is 1. The SMILES string of the molecule is Cl.OCC(F)(F)[C@H](c1cc(I)ccc1F)N1CCNCC1. The molecule has 0 radical (unpaired) electrons. The Morgan fingerprint density at radius 2 is 1.95 bits per heavy atom. The number of rotatable bonds is 4. The normalized spacial score (nSPS) is 18.1. The molecule has 1 aromatic rings. The van der Waals surface area contributed by atoms with E-state index >= 15 is 0 Å². The Labute approximate surface area is 141 Å². The maximum Gasteiger partial charge on any atom is 0.290 e. The van der Waals surface area contributed by atoms with Crippen molar-refractivity contribution in [2.24, 2.45) is 0 Å². The van der Waals surface area contributed by atoms with Crippen LogP contribution < -0.4 is 5.32 Å². The predicted octanol–water partition coefficient (Wildman–Crippen LogP) is 2.43. The average molecular weight is 437 g/mol. The molecule has 2 rings (SSSR count). The number of aliphatic hydroxyl groups is 1. The van der Waals surface area contributed by atoms with Crippen LogP contribution in [-0.4, -0.2) is 48.7 Å². The molecule has 120 valence electrons. The number of hydrogen-bond acceptors (Lipinski definition) is 3. The molecule has 1 aliphatic rings. The van der Waals surface area contributed by atoms with Crippen LogP contribution in [0.5, 0.6) is 0 Å². The lowest BCUT2D eigenvalue weighted by Crippen LogP contribution is -2.51. The van der Waals surface area contributed by atoms with Crippen molar-refractivity contribution in [3.05, 3.63) is 33.1 Å². The van der Waals surface area contributed by atoms with Crippen molar-refractivity contribution >= 4 is 35.0 Å². The van der Waals surface area contributed by atoms with Gasteiger partial charge in [0, 0.05) is 35.3 Å². The first-order valence-electron chi connectivity index (χ1n) is 6.34. The lowest BCUT2D eigenvalue weighted by atomic mass is 9.97. The van der Waals surface area contributed by atoms with Crippen LogP contribution in [0, 0.1) is 9.39 Å². The first kappa shape index (κ1) is 19.0. The number of piperazine rings is 1. The number of aliphatic hydroxyl groups excluding tert-OH is 1. The zero-order valence-corrected chi connectivity index (χ0v) is 14.1. The summed E-state index contributed by atoms with van der Waals surface area (Å²) in [5.41, 5.74) is -0.0575. The summed E-state index contributed by atoms with van der Waals surface area (Å²) in [7, 11) is 0. The molecule has 0 saturated carbocycles. The van der Waals surface area contributed by atoms with Crippen LogP contribution in [0.4, 0.5) is 13.2 Å². The molecule has 0 amide bonds. The Kier molecular flexibility index (Phi) is 7.18. The van der Waals surface area contributed by atoms with Crippen LogP contribution in [0.3, 0.4) is 0 Å². The van der Waals surface area contributed by atoms with Gasteiger partial charge in [0.05, 0.1) is 0 Å². The molecular formula is C13H17ClF3IN2O. The van der Waals surface area contributed by atoms with E-state index in [4.69, 9.17) is 5.11 Å². The highest BCUT2D eigenvalue weighted by atomic mass is 127. The molecule has 21 heavy (non-hydrogen) atoms. The molecule has 0 bridgehead atoms. The van der Waals surface area contributed by atoms with E-state index < -0.39 is 24.4 Å². The van der Waals surface area contributed by atoms with E-state index in [0.29, 0.717) is 29.7 Å². The van der Waals surface area contributed by atoms with E-state index in [-0.39, 0.29) is 18.0 Å². The molecule has 1 aliphatic heterocycles. The second-order valence-electron chi connectivity index (χ2n) is 4.77. The van der Waals surface area contributed by atoms with Crippen LogP contribution in [0.2, 0.25) is 0 Å². The number of alkyl halides is 2. The van der Waals surface area contributed by atoms with Crippen LogP contribution in [0.25, 0.3) is 0 Å². The fourth-order valence-corrected chi connectivity index (χ4v) is 2.96. The average Bonchev–Trinajstić information content (AvgIpc) is 2.44. The smallest absolute Gasteiger partial charge is 0.290 e. The Morgan fingerprint density at radius 1 is 1.33 bits per heavy atom. The van der Waals surface area contributed by atoms with Gasteiger partial charge in [-0.1, -0.05) is 0 Å². The highest BCUT2D eigenvalue weighted by Gasteiger charge is 2.45. The van der Waals surface area contributed by atoms with E-state index in [1.54, 1.807) is 0 Å². The molecule has 0 aliphatic carbocycles. The Balaban J connectivity index is 0.00000220. The van der Waals surface area contributed by atoms with E-state index in [9.17, 15) is 13.2 Å². The quantitative estimate of drug-likeness (QED) is 0.712. The van der Waals surface area contributed by atoms with Crippen molar-refractivity contribution in [3.8, 4) is 0 Å². The zero-order valence-electron chi connectivity index (χ0n) is 11.2. The molecule has 0 aromatic heterocycles. The standard InChI is InChI=1S/C13H16F3IN2O.ClH/c14-11-2-1-9(17)7-10(11)12(13(15,16)8-20)19-5-3-18-4-6-19;/h1-2,7,12,18,20H,3-6,8H2;1H/t12-;/m0./s1. The van der Waals surface area contributed by atoms with E-state index in [1.807, 2.05) is 22.6 Å². The zero-order chi connectivity index (χ0) is 14.8. The largest absolute Gasteiger partial charge is 0.390 e. The molecule has 1 atom stereocenters. The molecule has 2 N–H and O–H groups in total. The highest BCUT2D eigenvalue weighted by Crippen LogP contribution is 2.38. The molecule has 1 aromatic carbocycles. The van der Waals surface area contributed by atoms with Gasteiger partial charge in [-0.25, -0.2) is 13.2 Å². The van der Waals surface area contributed by atoms with Crippen molar-refractivity contribution in [1.29, 1.82) is 0 Å². The summed E-state index contributed by atoms with van der Waals surface area (Å²) in [6.45, 7) is 0.635. The summed E-state index contributed by atoms with van der Waals surface area (Å²) in [5, 5.41) is 12.1. The first-order chi connectivity index (χ1) is 9.45. The summed E-state index contributed by atoms with van der Waals surface area (Å²) in [4.78, 5) is 1.53. The van der Waals surface area contributed by atoms with Gasteiger partial charge in [-0.05, 0) is 40.8 Å². The van der Waals surface area contributed by atoms with Crippen LogP contribution in [-0.2, 0) is 0 Å². The van der Waals surface area contributed by atoms with Crippen molar-refractivity contribution < 1.29 is 18.3 Å². The summed E-state index contributed by atoms with van der Waals surface area (Å²) < 4.78 is 42.9. The molecule has 0 unspecified atom stereocenters. The second-order valence-corrected chi connectivity index (χ2v) is 6.02. The third-order valence-corrected chi connectivity index (χ3v) is 4.05. The summed E-state index contributed by atoms with van der Waals surface area (Å²) >= 11 is 1.96. The van der Waals surface area contributed by atoms with Gasteiger partial charge in [0.2, 0.25) is 0 Å². The van der Waals surface area contributed by atoms with Crippen LogP contribution >= 0.6 is 35.0 Å². The van der Waals surface area contributed by atoms with E-state index in [0.717, 1.165) is 0 Å². The number of nitrogens with zero attached hydrogens (tertiary/aromatic N) is 1. The lowest BCUT2D eigenvalue weighted by Gasteiger charge is -2.38. The number of halogens is 5. The molecule has 8 heteroatoms. The molecular weight excluding hydrogens is 420 g/mol. The maximum absolute atomic E-state index is 14.1. The van der Waals surface area contributed by atoms with Gasteiger partial charge >= 0.3 is 0 Å². The molecule has 1 saturated heterocycles. The first-order valence-corrected chi connectivity index (χ1v) is 7.42. The van der Waals surface area contributed by atoms with Gasteiger partial charge < -0.3 is 10.4 Å². The molecule has 3 nitrogen and oxygen atoms in total. The maximum atomic E-state index is 14.1. The highest BCUT2D eigenvalue weighted by molar-refractivity contribution is 14.1. The Bertz CT molecular complexity index is 473. The van der Waals surface area contributed by atoms with Crippen LogP contribution in [0.1, 0.15) is 11.6 Å². The minimum atomic E-state index is -3.39. The van der Waals surface area contributed by atoms with Gasteiger partial charge in [0.15, 0.2) is 0 Å². The molecule has 1 heterocycles. The van der Waals surface area contributed by atoms with Gasteiger partial charge in [-0.2, -0.15) is 0 Å². The third kappa shape index (κ3) is 4.44. The van der Waals surface area contributed by atoms with Crippen molar-refractivity contribution in [2.75, 3.05) is 32.8 Å². The lowest BCUT2D eigenvalue weighted by molar-refractivity contribution is -0.119. The summed E-state index contributed by atoms with van der Waals surface area (Å²) in [5.74, 6) is -4.05. The minimum Gasteiger partial charge on any atom is -0.390 e. The minimum absolute atomic E-state index is 0. The number of benzene rings is 1. The fourth-order valence-electron chi connectivity index (χ4n) is 2.44. The van der Waals surface area contributed by atoms with Gasteiger partial charge in [0.25, 0.3) is 5.92 Å². The summed E-state index contributed by atoms with van der Waals surface area (Å²) in [6.07, 6.45) is 0. The topological polar surface area (TPSA) is 35.5 Å². The Hall–Kier alpha value is -0.0900. The van der Waals surface area contributed by atoms with Crippen molar-refractivity contribution in [2.45, 2.75) is 12.0 Å². The van der Waals surface area contributed by atoms with Crippen molar-refractivity contribution in [1.82, 2.24) is 10.2 Å². The monoisotopic (exact) mass is 436 g/mol. The number of hydrogen-bond donors (Lipinski definition) is 2. The fraction of sp³-hybridized carbons (Fsp3) is 0.538. The second kappa shape index (κ2) is 7.96. The van der Waals surface area contributed by atoms with Gasteiger partial charge in [-0.3, -0.25) is 4.90 Å². The molecule has 0 spiro atoms. The third-order valence-electron chi connectivity index (χ3n) is 3.38.